The van der Waals surface area contributed by atoms with Gasteiger partial charge in [0.1, 0.15) is 5.82 Å². The van der Waals surface area contributed by atoms with E-state index in [4.69, 9.17) is 0 Å². The van der Waals surface area contributed by atoms with Gasteiger partial charge in [0.15, 0.2) is 0 Å². The highest BCUT2D eigenvalue weighted by molar-refractivity contribution is 6.35. The summed E-state index contributed by atoms with van der Waals surface area (Å²) < 4.78 is 13.7. The Morgan fingerprint density at radius 1 is 1.08 bits per heavy atom. The molecule has 0 atom stereocenters. The Bertz CT molecular complexity index is 961. The van der Waals surface area contributed by atoms with Crippen LogP contribution in [-0.4, -0.2) is 10.9 Å². The molecule has 1 aliphatic heterocycles. The van der Waals surface area contributed by atoms with E-state index >= 15 is 0 Å². The lowest BCUT2D eigenvalue weighted by molar-refractivity contribution is -0.110. The fourth-order valence-electron chi connectivity index (χ4n) is 2.87. The van der Waals surface area contributed by atoms with Gasteiger partial charge in [-0.25, -0.2) is 4.39 Å². The molecule has 0 saturated carbocycles. The number of hydrogen-bond acceptors (Lipinski definition) is 2. The SMILES string of the molecule is O=C1Nc2ccc(NCc3ccccc3F)cc2C1=Cc1ccc[nH]1. The number of aromatic nitrogens is 1. The summed E-state index contributed by atoms with van der Waals surface area (Å²) in [7, 11) is 0. The molecular weight excluding hydrogens is 317 g/mol. The summed E-state index contributed by atoms with van der Waals surface area (Å²) >= 11 is 0. The molecule has 1 aliphatic rings. The Morgan fingerprint density at radius 3 is 2.76 bits per heavy atom. The summed E-state index contributed by atoms with van der Waals surface area (Å²) in [6.07, 6.45) is 3.63. The van der Waals surface area contributed by atoms with Crippen molar-refractivity contribution in [3.63, 3.8) is 0 Å². The third-order valence-electron chi connectivity index (χ3n) is 4.17. The van der Waals surface area contributed by atoms with E-state index in [9.17, 15) is 9.18 Å². The molecule has 3 aromatic rings. The van der Waals surface area contributed by atoms with Crippen LogP contribution in [0.2, 0.25) is 0 Å². The molecule has 1 amide bonds. The number of amides is 1. The maximum absolute atomic E-state index is 13.7. The van der Waals surface area contributed by atoms with Gasteiger partial charge in [-0.3, -0.25) is 4.79 Å². The third kappa shape index (κ3) is 3.04. The molecule has 3 N–H and O–H groups in total. The highest BCUT2D eigenvalue weighted by Crippen LogP contribution is 2.35. The molecule has 2 heterocycles. The smallest absolute Gasteiger partial charge is 0.256 e. The number of benzene rings is 2. The van der Waals surface area contributed by atoms with Crippen molar-refractivity contribution in [3.8, 4) is 0 Å². The van der Waals surface area contributed by atoms with Crippen LogP contribution in [0.15, 0.2) is 60.8 Å². The highest BCUT2D eigenvalue weighted by atomic mass is 19.1. The van der Waals surface area contributed by atoms with Gasteiger partial charge in [0.25, 0.3) is 5.91 Å². The summed E-state index contributed by atoms with van der Waals surface area (Å²) in [4.78, 5) is 15.3. The van der Waals surface area contributed by atoms with Crippen molar-refractivity contribution in [2.45, 2.75) is 6.54 Å². The maximum atomic E-state index is 13.7. The first-order chi connectivity index (χ1) is 12.2. The summed E-state index contributed by atoms with van der Waals surface area (Å²) in [5.74, 6) is -0.365. The molecule has 124 valence electrons. The van der Waals surface area contributed by atoms with E-state index in [0.717, 1.165) is 22.6 Å². The van der Waals surface area contributed by atoms with Crippen LogP contribution in [0.3, 0.4) is 0 Å². The molecular formula is C20H16FN3O. The molecule has 2 aromatic carbocycles. The van der Waals surface area contributed by atoms with Crippen LogP contribution in [0.25, 0.3) is 11.6 Å². The van der Waals surface area contributed by atoms with Gasteiger partial charge in [0.05, 0.1) is 5.57 Å². The van der Waals surface area contributed by atoms with Crippen LogP contribution in [0.1, 0.15) is 16.8 Å². The minimum Gasteiger partial charge on any atom is -0.381 e. The predicted octanol–water partition coefficient (Wildman–Crippen LogP) is 4.26. The average molecular weight is 333 g/mol. The first kappa shape index (κ1) is 15.2. The Labute approximate surface area is 144 Å². The number of rotatable bonds is 4. The normalized spacial score (nSPS) is 14.4. The molecule has 4 nitrogen and oxygen atoms in total. The van der Waals surface area contributed by atoms with E-state index in [1.54, 1.807) is 12.1 Å². The van der Waals surface area contributed by atoms with E-state index in [1.807, 2.05) is 48.7 Å². The molecule has 0 unspecified atom stereocenters. The average Bonchev–Trinajstić information content (AvgIpc) is 3.23. The predicted molar refractivity (Wildman–Crippen MR) is 97.5 cm³/mol. The zero-order valence-electron chi connectivity index (χ0n) is 13.3. The van der Waals surface area contributed by atoms with Crippen molar-refractivity contribution in [1.82, 2.24) is 4.98 Å². The van der Waals surface area contributed by atoms with Crippen LogP contribution < -0.4 is 10.6 Å². The third-order valence-corrected chi connectivity index (χ3v) is 4.17. The summed E-state index contributed by atoms with van der Waals surface area (Å²) in [5.41, 5.74) is 4.50. The second-order valence-corrected chi connectivity index (χ2v) is 5.84. The number of anilines is 2. The van der Waals surface area contributed by atoms with Gasteiger partial charge in [-0.1, -0.05) is 18.2 Å². The molecule has 0 saturated heterocycles. The van der Waals surface area contributed by atoms with Gasteiger partial charge in [0, 0.05) is 40.9 Å². The Balaban J connectivity index is 1.60. The van der Waals surface area contributed by atoms with Crippen molar-refractivity contribution < 1.29 is 9.18 Å². The van der Waals surface area contributed by atoms with Crippen LogP contribution >= 0.6 is 0 Å². The maximum Gasteiger partial charge on any atom is 0.256 e. The molecule has 0 aliphatic carbocycles. The largest absolute Gasteiger partial charge is 0.381 e. The fraction of sp³-hybridized carbons (Fsp3) is 0.0500. The quantitative estimate of drug-likeness (QED) is 0.625. The summed E-state index contributed by atoms with van der Waals surface area (Å²) in [5, 5.41) is 6.07. The van der Waals surface area contributed by atoms with Crippen LogP contribution in [0, 0.1) is 5.82 Å². The number of H-pyrrole nitrogens is 1. The fourth-order valence-corrected chi connectivity index (χ4v) is 2.87. The molecule has 0 spiro atoms. The van der Waals surface area contributed by atoms with Crippen molar-refractivity contribution >= 4 is 28.9 Å². The van der Waals surface area contributed by atoms with Crippen molar-refractivity contribution in [2.75, 3.05) is 10.6 Å². The number of hydrogen-bond donors (Lipinski definition) is 3. The lowest BCUT2D eigenvalue weighted by atomic mass is 10.0. The topological polar surface area (TPSA) is 56.9 Å². The van der Waals surface area contributed by atoms with Gasteiger partial charge < -0.3 is 15.6 Å². The standard InChI is InChI=1S/C20H16FN3O/c21-18-6-2-1-4-13(18)12-23-15-7-8-19-16(10-15)17(20(25)24-19)11-14-5-3-9-22-14/h1-11,22-23H,12H2,(H,24,25). The first-order valence-electron chi connectivity index (χ1n) is 7.99. The molecule has 4 rings (SSSR count). The van der Waals surface area contributed by atoms with E-state index in [-0.39, 0.29) is 11.7 Å². The van der Waals surface area contributed by atoms with Gasteiger partial charge >= 0.3 is 0 Å². The number of carbonyl (C=O) groups excluding carboxylic acids is 1. The second kappa shape index (κ2) is 6.28. The number of halogens is 1. The number of carbonyl (C=O) groups is 1. The lowest BCUT2D eigenvalue weighted by Crippen LogP contribution is -2.03. The monoisotopic (exact) mass is 333 g/mol. The summed E-state index contributed by atoms with van der Waals surface area (Å²) in [6, 6.07) is 16.1. The Hall–Kier alpha value is -3.34. The van der Waals surface area contributed by atoms with Crippen molar-refractivity contribution in [2.24, 2.45) is 0 Å². The van der Waals surface area contributed by atoms with Gasteiger partial charge in [-0.05, 0) is 42.5 Å². The molecule has 0 bridgehead atoms. The van der Waals surface area contributed by atoms with Gasteiger partial charge in [0.2, 0.25) is 0 Å². The van der Waals surface area contributed by atoms with Gasteiger partial charge in [-0.2, -0.15) is 0 Å². The lowest BCUT2D eigenvalue weighted by Gasteiger charge is -2.09. The van der Waals surface area contributed by atoms with E-state index in [0.29, 0.717) is 17.7 Å². The van der Waals surface area contributed by atoms with Gasteiger partial charge in [-0.15, -0.1) is 0 Å². The minimum absolute atomic E-state index is 0.129. The van der Waals surface area contributed by atoms with Crippen LogP contribution in [0.5, 0.6) is 0 Å². The Kier molecular flexibility index (Phi) is 3.82. The first-order valence-corrected chi connectivity index (χ1v) is 7.99. The Morgan fingerprint density at radius 2 is 1.96 bits per heavy atom. The van der Waals surface area contributed by atoms with Crippen molar-refractivity contribution in [1.29, 1.82) is 0 Å². The molecule has 5 heteroatoms. The number of aromatic amines is 1. The zero-order valence-corrected chi connectivity index (χ0v) is 13.3. The highest BCUT2D eigenvalue weighted by Gasteiger charge is 2.24. The second-order valence-electron chi connectivity index (χ2n) is 5.84. The van der Waals surface area contributed by atoms with Crippen molar-refractivity contribution in [3.05, 3.63) is 83.4 Å². The van der Waals surface area contributed by atoms with E-state index in [1.165, 1.54) is 6.07 Å². The zero-order chi connectivity index (χ0) is 17.2. The minimum atomic E-state index is -0.236. The summed E-state index contributed by atoms with van der Waals surface area (Å²) in [6.45, 7) is 0.377. The molecule has 0 fully saturated rings. The number of fused-ring (bicyclic) bond motifs is 1. The number of nitrogens with one attached hydrogen (secondary N) is 3. The molecule has 1 aromatic heterocycles. The van der Waals surface area contributed by atoms with E-state index in [2.05, 4.69) is 15.6 Å². The molecule has 0 radical (unpaired) electrons. The molecule has 25 heavy (non-hydrogen) atoms. The van der Waals surface area contributed by atoms with Crippen LogP contribution in [0.4, 0.5) is 15.8 Å². The van der Waals surface area contributed by atoms with E-state index < -0.39 is 0 Å². The van der Waals surface area contributed by atoms with Crippen LogP contribution in [-0.2, 0) is 11.3 Å².